The molecule has 0 aliphatic carbocycles. The van der Waals surface area contributed by atoms with Gasteiger partial charge in [0.15, 0.2) is 0 Å². The number of ether oxygens (including phenoxy) is 1. The van der Waals surface area contributed by atoms with Crippen molar-refractivity contribution in [1.29, 1.82) is 0 Å². The maximum atomic E-state index is 12.7. The van der Waals surface area contributed by atoms with Gasteiger partial charge in [-0.3, -0.25) is 4.21 Å². The van der Waals surface area contributed by atoms with Gasteiger partial charge in [0, 0.05) is 27.3 Å². The summed E-state index contributed by atoms with van der Waals surface area (Å²) in [5.74, 6) is 1.40. The van der Waals surface area contributed by atoms with Gasteiger partial charge in [-0.05, 0) is 48.4 Å². The second kappa shape index (κ2) is 8.15. The lowest BCUT2D eigenvalue weighted by Crippen LogP contribution is -2.06. The third kappa shape index (κ3) is 5.86. The third-order valence-electron chi connectivity index (χ3n) is 2.82. The second-order valence-corrected chi connectivity index (χ2v) is 6.59. The van der Waals surface area contributed by atoms with E-state index in [9.17, 15) is 8.60 Å². The van der Waals surface area contributed by atoms with Crippen LogP contribution >= 0.6 is 11.6 Å². The van der Waals surface area contributed by atoms with E-state index in [0.717, 1.165) is 5.56 Å². The Hall–Kier alpha value is -1.39. The number of hydrogen-bond donors (Lipinski definition) is 0. The topological polar surface area (TPSA) is 26.3 Å². The van der Waals surface area contributed by atoms with Crippen molar-refractivity contribution >= 4 is 22.4 Å². The van der Waals surface area contributed by atoms with Crippen LogP contribution < -0.4 is 4.74 Å². The van der Waals surface area contributed by atoms with Crippen molar-refractivity contribution in [2.45, 2.75) is 12.2 Å². The summed E-state index contributed by atoms with van der Waals surface area (Å²) in [6.07, 6.45) is 0.685. The molecule has 21 heavy (non-hydrogen) atoms. The van der Waals surface area contributed by atoms with Gasteiger partial charge in [-0.1, -0.05) is 23.7 Å². The van der Waals surface area contributed by atoms with Gasteiger partial charge in [-0.2, -0.15) is 0 Å². The predicted octanol–water partition coefficient (Wildman–Crippen LogP) is 4.20. The lowest BCUT2D eigenvalue weighted by Gasteiger charge is -2.06. The third-order valence-corrected chi connectivity index (χ3v) is 4.45. The molecule has 0 heterocycles. The summed E-state index contributed by atoms with van der Waals surface area (Å²) in [7, 11) is -0.939. The molecule has 1 unspecified atom stereocenters. The van der Waals surface area contributed by atoms with E-state index < -0.39 is 10.8 Å². The van der Waals surface area contributed by atoms with Crippen molar-refractivity contribution in [3.05, 3.63) is 64.9 Å². The lowest BCUT2D eigenvalue weighted by molar-refractivity contribution is 0.318. The fourth-order valence-corrected chi connectivity index (χ4v) is 3.17. The van der Waals surface area contributed by atoms with Crippen molar-refractivity contribution in [1.82, 2.24) is 0 Å². The summed E-state index contributed by atoms with van der Waals surface area (Å²) in [5, 5.41) is 0.657. The summed E-state index contributed by atoms with van der Waals surface area (Å²) < 4.78 is 30.1. The maximum Gasteiger partial charge on any atom is 0.123 e. The Labute approximate surface area is 131 Å². The van der Waals surface area contributed by atoms with Crippen LogP contribution in [0.25, 0.3) is 0 Å². The van der Waals surface area contributed by atoms with Crippen molar-refractivity contribution in [2.75, 3.05) is 12.4 Å². The number of halogens is 2. The molecule has 1 atom stereocenters. The van der Waals surface area contributed by atoms with Gasteiger partial charge in [-0.25, -0.2) is 4.39 Å². The highest BCUT2D eigenvalue weighted by molar-refractivity contribution is 7.84. The first-order valence-electron chi connectivity index (χ1n) is 6.61. The van der Waals surface area contributed by atoms with Crippen molar-refractivity contribution in [3.8, 4) is 5.75 Å². The van der Waals surface area contributed by atoms with Crippen molar-refractivity contribution in [3.63, 3.8) is 0 Å². The van der Waals surface area contributed by atoms with Gasteiger partial charge in [0.05, 0.1) is 6.61 Å². The van der Waals surface area contributed by atoms with E-state index >= 15 is 0 Å². The zero-order chi connectivity index (χ0) is 15.1. The Morgan fingerprint density at radius 1 is 1.14 bits per heavy atom. The standard InChI is InChI=1S/C16H16ClFO2S/c17-14-4-1-3-13(11-14)12-21(19)10-2-9-20-16-7-5-15(18)6-8-16/h1,3-8,11H,2,9-10,12H2. The minimum Gasteiger partial charge on any atom is -0.494 e. The molecule has 0 spiro atoms. The Balaban J connectivity index is 1.68. The van der Waals surface area contributed by atoms with Gasteiger partial charge < -0.3 is 4.74 Å². The molecule has 0 saturated carbocycles. The first-order valence-corrected chi connectivity index (χ1v) is 8.48. The minimum atomic E-state index is -0.939. The van der Waals surface area contributed by atoms with Crippen LogP contribution in [-0.4, -0.2) is 16.6 Å². The Morgan fingerprint density at radius 3 is 2.62 bits per heavy atom. The van der Waals surface area contributed by atoms with E-state index in [0.29, 0.717) is 35.3 Å². The zero-order valence-electron chi connectivity index (χ0n) is 11.4. The first-order chi connectivity index (χ1) is 10.1. The fraction of sp³-hybridized carbons (Fsp3) is 0.250. The summed E-state index contributed by atoms with van der Waals surface area (Å²) >= 11 is 5.89. The smallest absolute Gasteiger partial charge is 0.123 e. The van der Waals surface area contributed by atoms with Crippen LogP contribution in [0.15, 0.2) is 48.5 Å². The van der Waals surface area contributed by atoms with Gasteiger partial charge in [-0.15, -0.1) is 0 Å². The number of hydrogen-bond acceptors (Lipinski definition) is 2. The normalized spacial score (nSPS) is 12.1. The van der Waals surface area contributed by atoms with Crippen LogP contribution in [0, 0.1) is 5.82 Å². The van der Waals surface area contributed by atoms with E-state index in [1.807, 2.05) is 18.2 Å². The van der Waals surface area contributed by atoms with Gasteiger partial charge in [0.2, 0.25) is 0 Å². The van der Waals surface area contributed by atoms with E-state index in [2.05, 4.69) is 0 Å². The Bertz CT molecular complexity index is 601. The van der Waals surface area contributed by atoms with Crippen LogP contribution in [0.5, 0.6) is 5.75 Å². The average Bonchev–Trinajstić information content (AvgIpc) is 2.45. The monoisotopic (exact) mass is 326 g/mol. The highest BCUT2D eigenvalue weighted by Crippen LogP contribution is 2.13. The van der Waals surface area contributed by atoms with E-state index in [1.54, 1.807) is 18.2 Å². The summed E-state index contributed by atoms with van der Waals surface area (Å²) in [4.78, 5) is 0. The van der Waals surface area contributed by atoms with E-state index in [-0.39, 0.29) is 5.82 Å². The molecular weight excluding hydrogens is 311 g/mol. The molecule has 0 aromatic heterocycles. The Morgan fingerprint density at radius 2 is 1.90 bits per heavy atom. The summed E-state index contributed by atoms with van der Waals surface area (Å²) in [5.41, 5.74) is 0.972. The predicted molar refractivity (Wildman–Crippen MR) is 84.7 cm³/mol. The highest BCUT2D eigenvalue weighted by Gasteiger charge is 2.03. The minimum absolute atomic E-state index is 0.287. The molecule has 0 N–H and O–H groups in total. The van der Waals surface area contributed by atoms with Crippen LogP contribution in [0.1, 0.15) is 12.0 Å². The lowest BCUT2D eigenvalue weighted by atomic mass is 10.2. The maximum absolute atomic E-state index is 12.7. The molecule has 112 valence electrons. The molecule has 2 rings (SSSR count). The van der Waals surface area contributed by atoms with Crippen molar-refractivity contribution in [2.24, 2.45) is 0 Å². The van der Waals surface area contributed by atoms with Crippen LogP contribution in [0.4, 0.5) is 4.39 Å². The molecular formula is C16H16ClFO2S. The van der Waals surface area contributed by atoms with Gasteiger partial charge in [0.1, 0.15) is 11.6 Å². The largest absolute Gasteiger partial charge is 0.494 e. The summed E-state index contributed by atoms with van der Waals surface area (Å²) in [6.45, 7) is 0.465. The molecule has 0 aliphatic rings. The summed E-state index contributed by atoms with van der Waals surface area (Å²) in [6, 6.07) is 13.3. The van der Waals surface area contributed by atoms with Crippen LogP contribution in [-0.2, 0) is 16.6 Å². The van der Waals surface area contributed by atoms with Gasteiger partial charge >= 0.3 is 0 Å². The molecule has 2 aromatic carbocycles. The highest BCUT2D eigenvalue weighted by atomic mass is 35.5. The Kier molecular flexibility index (Phi) is 6.21. The second-order valence-electron chi connectivity index (χ2n) is 4.57. The molecule has 2 nitrogen and oxygen atoms in total. The molecule has 5 heteroatoms. The number of benzene rings is 2. The molecule has 2 aromatic rings. The van der Waals surface area contributed by atoms with Crippen LogP contribution in [0.3, 0.4) is 0 Å². The SMILES string of the molecule is O=S(CCCOc1ccc(F)cc1)Cc1cccc(Cl)c1. The van der Waals surface area contributed by atoms with Gasteiger partial charge in [0.25, 0.3) is 0 Å². The average molecular weight is 327 g/mol. The number of rotatable bonds is 7. The first kappa shape index (κ1) is 16.0. The quantitative estimate of drug-likeness (QED) is 0.713. The van der Waals surface area contributed by atoms with E-state index in [1.165, 1.54) is 12.1 Å². The molecule has 0 bridgehead atoms. The van der Waals surface area contributed by atoms with E-state index in [4.69, 9.17) is 16.3 Å². The zero-order valence-corrected chi connectivity index (χ0v) is 13.0. The molecule has 0 radical (unpaired) electrons. The van der Waals surface area contributed by atoms with Crippen molar-refractivity contribution < 1.29 is 13.3 Å². The molecule has 0 fully saturated rings. The molecule has 0 aliphatic heterocycles. The fourth-order valence-electron chi connectivity index (χ4n) is 1.83. The molecule has 0 saturated heterocycles. The van der Waals surface area contributed by atoms with Crippen LogP contribution in [0.2, 0.25) is 5.02 Å². The molecule has 0 amide bonds.